The molecular formula is C22H23N7O2. The molecule has 31 heavy (non-hydrogen) atoms. The van der Waals surface area contributed by atoms with E-state index in [0.29, 0.717) is 30.0 Å². The number of benzene rings is 2. The van der Waals surface area contributed by atoms with Crippen LogP contribution in [0.4, 0.5) is 17.5 Å². The van der Waals surface area contributed by atoms with E-state index in [2.05, 4.69) is 56.4 Å². The maximum Gasteiger partial charge on any atom is 0.321 e. The number of hydrogen-bond donors (Lipinski definition) is 3. The number of nitrogens with one attached hydrogen (secondary N) is 2. The van der Waals surface area contributed by atoms with Crippen LogP contribution in [0.25, 0.3) is 11.4 Å². The molecule has 0 unspecified atom stereocenters. The number of anilines is 3. The summed E-state index contributed by atoms with van der Waals surface area (Å²) >= 11 is 0. The van der Waals surface area contributed by atoms with Crippen molar-refractivity contribution in [1.29, 1.82) is 0 Å². The monoisotopic (exact) mass is 417 g/mol. The van der Waals surface area contributed by atoms with Crippen LogP contribution < -0.4 is 20.5 Å². The first-order valence-corrected chi connectivity index (χ1v) is 9.82. The average molecular weight is 417 g/mol. The first kappa shape index (κ1) is 20.1. The average Bonchev–Trinajstić information content (AvgIpc) is 3.20. The van der Waals surface area contributed by atoms with Crippen LogP contribution in [0.15, 0.2) is 48.5 Å². The Labute approximate surface area is 179 Å². The number of nitrogens with zero attached hydrogens (tertiary/aromatic N) is 4. The standard InChI is InChI=1S/C22H23N7O2/c1-4-30-22-25-18(23)12-19(26-22)31-17-9-6-15(7-10-17)20-27-21(29-28-20)24-16-8-5-13(2)14(3)11-16/h5-12H,4H2,1-3H3,(H2,23,25,26)(H2,24,27,28,29). The quantitative estimate of drug-likeness (QED) is 0.404. The third kappa shape index (κ3) is 4.89. The summed E-state index contributed by atoms with van der Waals surface area (Å²) < 4.78 is 11.1. The Balaban J connectivity index is 1.45. The van der Waals surface area contributed by atoms with Crippen LogP contribution in [-0.2, 0) is 0 Å². The minimum atomic E-state index is 0.180. The van der Waals surface area contributed by atoms with Gasteiger partial charge >= 0.3 is 6.01 Å². The molecule has 0 aliphatic heterocycles. The summed E-state index contributed by atoms with van der Waals surface area (Å²) in [6.45, 7) is 6.43. The molecule has 9 heteroatoms. The molecule has 0 aliphatic carbocycles. The Hall–Kier alpha value is -4.14. The molecule has 0 fully saturated rings. The number of nitrogen functional groups attached to an aromatic ring is 1. The fourth-order valence-corrected chi connectivity index (χ4v) is 2.86. The van der Waals surface area contributed by atoms with E-state index in [0.717, 1.165) is 11.3 Å². The van der Waals surface area contributed by atoms with Gasteiger partial charge in [0.25, 0.3) is 0 Å². The summed E-state index contributed by atoms with van der Waals surface area (Å²) in [7, 11) is 0. The lowest BCUT2D eigenvalue weighted by atomic mass is 10.1. The third-order valence-electron chi connectivity index (χ3n) is 4.57. The van der Waals surface area contributed by atoms with E-state index in [1.165, 1.54) is 17.2 Å². The zero-order valence-electron chi connectivity index (χ0n) is 17.5. The molecule has 2 aromatic carbocycles. The van der Waals surface area contributed by atoms with E-state index in [-0.39, 0.29) is 11.8 Å². The Morgan fingerprint density at radius 2 is 1.77 bits per heavy atom. The van der Waals surface area contributed by atoms with Gasteiger partial charge in [-0.05, 0) is 68.3 Å². The van der Waals surface area contributed by atoms with Gasteiger partial charge in [-0.25, -0.2) is 0 Å². The molecule has 0 saturated heterocycles. The van der Waals surface area contributed by atoms with Crippen molar-refractivity contribution in [2.75, 3.05) is 17.7 Å². The van der Waals surface area contributed by atoms with Crippen LogP contribution in [0.2, 0.25) is 0 Å². The van der Waals surface area contributed by atoms with E-state index < -0.39 is 0 Å². The number of aryl methyl sites for hydroxylation is 2. The first-order valence-electron chi connectivity index (χ1n) is 9.82. The normalized spacial score (nSPS) is 10.7. The van der Waals surface area contributed by atoms with E-state index in [9.17, 15) is 0 Å². The topological polar surface area (TPSA) is 124 Å². The molecule has 158 valence electrons. The third-order valence-corrected chi connectivity index (χ3v) is 4.57. The highest BCUT2D eigenvalue weighted by atomic mass is 16.5. The fourth-order valence-electron chi connectivity index (χ4n) is 2.86. The van der Waals surface area contributed by atoms with Crippen molar-refractivity contribution in [2.45, 2.75) is 20.8 Å². The second kappa shape index (κ2) is 8.70. The lowest BCUT2D eigenvalue weighted by molar-refractivity contribution is 0.307. The maximum absolute atomic E-state index is 5.78. The predicted octanol–water partition coefficient (Wildman–Crippen LogP) is 4.40. The summed E-state index contributed by atoms with van der Waals surface area (Å²) in [5, 5.41) is 10.4. The number of nitrogens with two attached hydrogens (primary N) is 1. The maximum atomic E-state index is 5.78. The molecule has 0 radical (unpaired) electrons. The molecule has 9 nitrogen and oxygen atoms in total. The van der Waals surface area contributed by atoms with Crippen LogP contribution in [0, 0.1) is 13.8 Å². The van der Waals surface area contributed by atoms with Crippen LogP contribution in [0.3, 0.4) is 0 Å². The Kier molecular flexibility index (Phi) is 5.65. The molecule has 0 amide bonds. The van der Waals surface area contributed by atoms with E-state index in [1.54, 1.807) is 0 Å². The van der Waals surface area contributed by atoms with Crippen molar-refractivity contribution in [3.63, 3.8) is 0 Å². The number of hydrogen-bond acceptors (Lipinski definition) is 8. The predicted molar refractivity (Wildman–Crippen MR) is 119 cm³/mol. The number of rotatable bonds is 7. The number of aromatic amines is 1. The number of H-pyrrole nitrogens is 1. The molecule has 0 spiro atoms. The fraction of sp³-hybridized carbons (Fsp3) is 0.182. The molecule has 0 saturated carbocycles. The van der Waals surface area contributed by atoms with Gasteiger partial charge in [0.1, 0.15) is 11.6 Å². The minimum Gasteiger partial charge on any atom is -0.464 e. The molecule has 4 rings (SSSR count). The van der Waals surface area contributed by atoms with Crippen LogP contribution >= 0.6 is 0 Å². The second-order valence-corrected chi connectivity index (χ2v) is 6.90. The van der Waals surface area contributed by atoms with Crippen LogP contribution in [-0.4, -0.2) is 31.8 Å². The summed E-state index contributed by atoms with van der Waals surface area (Å²) in [5.41, 5.74) is 10.0. The molecule has 2 heterocycles. The van der Waals surface area contributed by atoms with Gasteiger partial charge in [0.15, 0.2) is 5.82 Å². The number of aromatic nitrogens is 5. The minimum absolute atomic E-state index is 0.180. The summed E-state index contributed by atoms with van der Waals surface area (Å²) in [5.74, 6) is 2.32. The van der Waals surface area contributed by atoms with Crippen molar-refractivity contribution >= 4 is 17.5 Å². The zero-order valence-corrected chi connectivity index (χ0v) is 17.5. The molecule has 0 bridgehead atoms. The Morgan fingerprint density at radius 3 is 2.52 bits per heavy atom. The Morgan fingerprint density at radius 1 is 0.968 bits per heavy atom. The van der Waals surface area contributed by atoms with E-state index in [4.69, 9.17) is 15.2 Å². The van der Waals surface area contributed by atoms with Crippen LogP contribution in [0.5, 0.6) is 17.6 Å². The molecule has 4 N–H and O–H groups in total. The van der Waals surface area contributed by atoms with Crippen molar-refractivity contribution < 1.29 is 9.47 Å². The van der Waals surface area contributed by atoms with Gasteiger partial charge in [-0.1, -0.05) is 6.07 Å². The van der Waals surface area contributed by atoms with Crippen molar-refractivity contribution in [2.24, 2.45) is 0 Å². The van der Waals surface area contributed by atoms with Gasteiger partial charge in [0.2, 0.25) is 11.8 Å². The molecule has 2 aromatic heterocycles. The lowest BCUT2D eigenvalue weighted by Gasteiger charge is -2.08. The summed E-state index contributed by atoms with van der Waals surface area (Å²) in [6, 6.07) is 15.2. The SMILES string of the molecule is CCOc1nc(N)cc(Oc2ccc(-c3nc(Nc4ccc(C)c(C)c4)n[nH]3)cc2)n1. The van der Waals surface area contributed by atoms with Gasteiger partial charge < -0.3 is 20.5 Å². The van der Waals surface area contributed by atoms with Crippen LogP contribution in [0.1, 0.15) is 18.1 Å². The van der Waals surface area contributed by atoms with Crippen molar-refractivity contribution in [3.8, 4) is 29.0 Å². The van der Waals surface area contributed by atoms with Gasteiger partial charge in [-0.3, -0.25) is 5.10 Å². The lowest BCUT2D eigenvalue weighted by Crippen LogP contribution is -2.01. The van der Waals surface area contributed by atoms with E-state index >= 15 is 0 Å². The van der Waals surface area contributed by atoms with Crippen molar-refractivity contribution in [1.82, 2.24) is 25.1 Å². The summed E-state index contributed by atoms with van der Waals surface area (Å²) in [6.07, 6.45) is 0. The molecular weight excluding hydrogens is 394 g/mol. The van der Waals surface area contributed by atoms with Gasteiger partial charge in [0.05, 0.1) is 6.61 Å². The smallest absolute Gasteiger partial charge is 0.321 e. The van der Waals surface area contributed by atoms with Gasteiger partial charge in [-0.15, -0.1) is 5.10 Å². The molecule has 0 atom stereocenters. The second-order valence-electron chi connectivity index (χ2n) is 6.90. The Bertz CT molecular complexity index is 1190. The van der Waals surface area contributed by atoms with Gasteiger partial charge in [0, 0.05) is 17.3 Å². The first-order chi connectivity index (χ1) is 15.0. The largest absolute Gasteiger partial charge is 0.464 e. The highest BCUT2D eigenvalue weighted by Gasteiger charge is 2.09. The number of ether oxygens (including phenoxy) is 2. The highest BCUT2D eigenvalue weighted by molar-refractivity contribution is 5.61. The summed E-state index contributed by atoms with van der Waals surface area (Å²) in [4.78, 5) is 12.7. The molecule has 4 aromatic rings. The van der Waals surface area contributed by atoms with E-state index in [1.807, 2.05) is 37.3 Å². The highest BCUT2D eigenvalue weighted by Crippen LogP contribution is 2.26. The zero-order chi connectivity index (χ0) is 21.8. The van der Waals surface area contributed by atoms with Crippen molar-refractivity contribution in [3.05, 3.63) is 59.7 Å². The molecule has 0 aliphatic rings. The van der Waals surface area contributed by atoms with Gasteiger partial charge in [-0.2, -0.15) is 15.0 Å².